The lowest BCUT2D eigenvalue weighted by Gasteiger charge is -2.18. The molecule has 0 aromatic heterocycles. The second-order valence-electron chi connectivity index (χ2n) is 8.26. The van der Waals surface area contributed by atoms with Crippen LogP contribution in [-0.2, 0) is 21.1 Å². The van der Waals surface area contributed by atoms with Crippen LogP contribution in [0.4, 0.5) is 0 Å². The summed E-state index contributed by atoms with van der Waals surface area (Å²) in [5.74, 6) is 1.16. The molecule has 27 heavy (non-hydrogen) atoms. The van der Waals surface area contributed by atoms with Crippen LogP contribution in [0.3, 0.4) is 0 Å². The Hall–Kier alpha value is -1.40. The van der Waals surface area contributed by atoms with Crippen molar-refractivity contribution in [3.05, 3.63) is 29.8 Å². The monoisotopic (exact) mass is 397 g/mol. The number of nitrogens with zero attached hydrogens (tertiary/aromatic N) is 1. The molecule has 0 saturated carbocycles. The van der Waals surface area contributed by atoms with Crippen LogP contribution in [0, 0.1) is 0 Å². The van der Waals surface area contributed by atoms with Gasteiger partial charge in [-0.3, -0.25) is 4.79 Å². The largest absolute Gasteiger partial charge is 0.492 e. The predicted molar refractivity (Wildman–Crippen MR) is 111 cm³/mol. The highest BCUT2D eigenvalue weighted by Gasteiger charge is 2.27. The number of ketones is 1. The van der Waals surface area contributed by atoms with Crippen LogP contribution < -0.4 is 4.74 Å². The normalized spacial score (nSPS) is 12.4. The molecule has 0 aliphatic carbocycles. The van der Waals surface area contributed by atoms with E-state index in [1.165, 1.54) is 0 Å². The van der Waals surface area contributed by atoms with Crippen molar-refractivity contribution >= 4 is 15.6 Å². The Morgan fingerprint density at radius 1 is 1.11 bits per heavy atom. The average Bonchev–Trinajstić information content (AvgIpc) is 2.53. The summed E-state index contributed by atoms with van der Waals surface area (Å²) in [5, 5.41) is 0. The molecular formula is C21H35NO4S. The summed E-state index contributed by atoms with van der Waals surface area (Å²) in [4.78, 5) is 14.2. The molecule has 0 N–H and O–H groups in total. The zero-order valence-corrected chi connectivity index (χ0v) is 18.3. The summed E-state index contributed by atoms with van der Waals surface area (Å²) in [6.07, 6.45) is 2.99. The molecule has 0 radical (unpaired) electrons. The van der Waals surface area contributed by atoms with Gasteiger partial charge in [0, 0.05) is 19.4 Å². The first-order valence-corrected chi connectivity index (χ1v) is 11.3. The smallest absolute Gasteiger partial charge is 0.155 e. The third kappa shape index (κ3) is 9.38. The molecule has 0 bridgehead atoms. The van der Waals surface area contributed by atoms with Crippen molar-refractivity contribution in [3.63, 3.8) is 0 Å². The number of rotatable bonds is 12. The van der Waals surface area contributed by atoms with Crippen LogP contribution in [0.5, 0.6) is 5.75 Å². The SMILES string of the molecule is CN(C)CCOc1cccc(CC(=O)CCCCCS(=O)(=O)C(C)(C)C)c1. The van der Waals surface area contributed by atoms with E-state index in [0.717, 1.165) is 30.7 Å². The minimum absolute atomic E-state index is 0.180. The second kappa shape index (κ2) is 10.8. The Kier molecular flexibility index (Phi) is 9.47. The van der Waals surface area contributed by atoms with Gasteiger partial charge in [0.2, 0.25) is 0 Å². The zero-order valence-electron chi connectivity index (χ0n) is 17.5. The van der Waals surface area contributed by atoms with Crippen LogP contribution >= 0.6 is 0 Å². The number of carbonyl (C=O) groups is 1. The highest BCUT2D eigenvalue weighted by Crippen LogP contribution is 2.18. The molecule has 0 aliphatic heterocycles. The number of hydrogen-bond donors (Lipinski definition) is 0. The number of ether oxygens (including phenoxy) is 1. The van der Waals surface area contributed by atoms with E-state index in [1.807, 2.05) is 38.4 Å². The number of benzene rings is 1. The molecule has 1 aromatic rings. The summed E-state index contributed by atoms with van der Waals surface area (Å²) in [6, 6.07) is 7.67. The molecule has 0 amide bonds. The first-order chi connectivity index (χ1) is 12.5. The van der Waals surface area contributed by atoms with E-state index >= 15 is 0 Å². The van der Waals surface area contributed by atoms with Gasteiger partial charge in [0.1, 0.15) is 18.1 Å². The number of likely N-dealkylation sites (N-methyl/N-ethyl adjacent to an activating group) is 1. The summed E-state index contributed by atoms with van der Waals surface area (Å²) in [7, 11) is 0.927. The van der Waals surface area contributed by atoms with E-state index < -0.39 is 14.6 Å². The number of Topliss-reactive ketones (excluding diaryl/α,β-unsaturated/α-hetero) is 1. The van der Waals surface area contributed by atoms with E-state index in [1.54, 1.807) is 20.8 Å². The molecule has 1 rings (SSSR count). The maximum atomic E-state index is 12.2. The lowest BCUT2D eigenvalue weighted by atomic mass is 10.0. The van der Waals surface area contributed by atoms with Crippen LogP contribution in [-0.4, -0.2) is 56.8 Å². The highest BCUT2D eigenvalue weighted by molar-refractivity contribution is 7.92. The maximum absolute atomic E-state index is 12.2. The van der Waals surface area contributed by atoms with E-state index in [-0.39, 0.29) is 11.5 Å². The van der Waals surface area contributed by atoms with Crippen molar-refractivity contribution in [3.8, 4) is 5.75 Å². The molecule has 6 heteroatoms. The third-order valence-corrected chi connectivity index (χ3v) is 7.10. The van der Waals surface area contributed by atoms with Crippen molar-refractivity contribution in [2.75, 3.05) is 33.0 Å². The van der Waals surface area contributed by atoms with Gasteiger partial charge in [-0.2, -0.15) is 0 Å². The second-order valence-corrected chi connectivity index (χ2v) is 11.1. The third-order valence-electron chi connectivity index (χ3n) is 4.41. The minimum atomic E-state index is -3.07. The first kappa shape index (κ1) is 23.6. The molecule has 0 heterocycles. The van der Waals surface area contributed by atoms with Gasteiger partial charge in [0.15, 0.2) is 9.84 Å². The molecule has 0 unspecified atom stereocenters. The molecule has 0 spiro atoms. The van der Waals surface area contributed by atoms with E-state index in [4.69, 9.17) is 4.74 Å². The van der Waals surface area contributed by atoms with Crippen molar-refractivity contribution in [2.24, 2.45) is 0 Å². The fourth-order valence-electron chi connectivity index (χ4n) is 2.50. The zero-order chi connectivity index (χ0) is 20.5. The highest BCUT2D eigenvalue weighted by atomic mass is 32.2. The van der Waals surface area contributed by atoms with Gasteiger partial charge in [-0.1, -0.05) is 18.6 Å². The van der Waals surface area contributed by atoms with E-state index in [0.29, 0.717) is 25.9 Å². The average molecular weight is 398 g/mol. The van der Waals surface area contributed by atoms with Crippen molar-refractivity contribution in [1.29, 1.82) is 0 Å². The lowest BCUT2D eigenvalue weighted by Crippen LogP contribution is -2.30. The molecule has 5 nitrogen and oxygen atoms in total. The summed E-state index contributed by atoms with van der Waals surface area (Å²) in [6.45, 7) is 6.63. The molecule has 0 atom stereocenters. The maximum Gasteiger partial charge on any atom is 0.155 e. The Morgan fingerprint density at radius 3 is 2.44 bits per heavy atom. The Bertz CT molecular complexity index is 690. The summed E-state index contributed by atoms with van der Waals surface area (Å²) in [5.41, 5.74) is 0.956. The van der Waals surface area contributed by atoms with E-state index in [9.17, 15) is 13.2 Å². The fourth-order valence-corrected chi connectivity index (χ4v) is 3.70. The molecule has 0 aliphatic rings. The molecule has 154 valence electrons. The van der Waals surface area contributed by atoms with Crippen molar-refractivity contribution < 1.29 is 17.9 Å². The summed E-state index contributed by atoms with van der Waals surface area (Å²) >= 11 is 0. The van der Waals surface area contributed by atoms with Gasteiger partial charge >= 0.3 is 0 Å². The van der Waals surface area contributed by atoms with Gasteiger partial charge in [-0.05, 0) is 65.4 Å². The minimum Gasteiger partial charge on any atom is -0.492 e. The Labute approximate surface area is 165 Å². The molecular weight excluding hydrogens is 362 g/mol. The number of sulfone groups is 1. The van der Waals surface area contributed by atoms with Gasteiger partial charge in [-0.25, -0.2) is 8.42 Å². The molecule has 1 aromatic carbocycles. The van der Waals surface area contributed by atoms with Gasteiger partial charge < -0.3 is 9.64 Å². The Balaban J connectivity index is 2.32. The predicted octanol–water partition coefficient (Wildman–Crippen LogP) is 3.51. The Morgan fingerprint density at radius 2 is 1.81 bits per heavy atom. The standard InChI is InChI=1S/C21H35NO4S/c1-21(2,3)27(24,25)15-8-6-7-11-19(23)16-18-10-9-12-20(17-18)26-14-13-22(4)5/h9-10,12,17H,6-8,11,13-16H2,1-5H3. The van der Waals surface area contributed by atoms with Gasteiger partial charge in [0.25, 0.3) is 0 Å². The topological polar surface area (TPSA) is 63.7 Å². The van der Waals surface area contributed by atoms with E-state index in [2.05, 4.69) is 4.90 Å². The van der Waals surface area contributed by atoms with Gasteiger partial charge in [0.05, 0.1) is 10.5 Å². The van der Waals surface area contributed by atoms with Crippen LogP contribution in [0.15, 0.2) is 24.3 Å². The molecule has 0 saturated heterocycles. The summed E-state index contributed by atoms with van der Waals surface area (Å²) < 4.78 is 29.1. The van der Waals surface area contributed by atoms with Crippen LogP contribution in [0.25, 0.3) is 0 Å². The van der Waals surface area contributed by atoms with Crippen molar-refractivity contribution in [2.45, 2.75) is 57.6 Å². The van der Waals surface area contributed by atoms with Gasteiger partial charge in [-0.15, -0.1) is 0 Å². The van der Waals surface area contributed by atoms with Crippen LogP contribution in [0.1, 0.15) is 52.0 Å². The van der Waals surface area contributed by atoms with Crippen molar-refractivity contribution in [1.82, 2.24) is 4.90 Å². The number of unbranched alkanes of at least 4 members (excludes halogenated alkanes) is 2. The first-order valence-electron chi connectivity index (χ1n) is 9.62. The molecule has 0 fully saturated rings. The van der Waals surface area contributed by atoms with Crippen LogP contribution in [0.2, 0.25) is 0 Å². The fraction of sp³-hybridized carbons (Fsp3) is 0.667. The number of hydrogen-bond acceptors (Lipinski definition) is 5. The quantitative estimate of drug-likeness (QED) is 0.505. The number of carbonyl (C=O) groups excluding carboxylic acids is 1. The lowest BCUT2D eigenvalue weighted by molar-refractivity contribution is -0.118.